The summed E-state index contributed by atoms with van der Waals surface area (Å²) in [5.74, 6) is -5.04. The molecule has 0 saturated carbocycles. The molecule has 0 spiro atoms. The van der Waals surface area contributed by atoms with E-state index in [-0.39, 0.29) is 23.2 Å². The molecule has 6 N–H and O–H groups in total. The summed E-state index contributed by atoms with van der Waals surface area (Å²) < 4.78 is 0. The molecular weight excluding hydrogens is 462 g/mol. The molecule has 0 aliphatic heterocycles. The van der Waals surface area contributed by atoms with Crippen molar-refractivity contribution < 1.29 is 44.1 Å². The Morgan fingerprint density at radius 1 is 0.900 bits per heavy atom. The summed E-state index contributed by atoms with van der Waals surface area (Å²) in [6, 6.07) is -3.21. The minimum atomic E-state index is -1.30. The van der Waals surface area contributed by atoms with Crippen LogP contribution < -0.4 is 11.1 Å². The number of amides is 3. The molecule has 3 amide bonds. The van der Waals surface area contributed by atoms with Gasteiger partial charge in [-0.05, 0) is 0 Å². The lowest BCUT2D eigenvalue weighted by molar-refractivity contribution is -0.155. The van der Waals surface area contributed by atoms with Crippen molar-refractivity contribution in [3.63, 3.8) is 0 Å². The van der Waals surface area contributed by atoms with Crippen molar-refractivity contribution in [2.75, 3.05) is 17.3 Å². The molecule has 0 saturated heterocycles. The monoisotopic (exact) mass is 487 g/mol. The Bertz CT molecular complexity index is 634. The summed E-state index contributed by atoms with van der Waals surface area (Å²) in [6.07, 6.45) is 0. The molecule has 0 aromatic carbocycles. The lowest BCUT2D eigenvalue weighted by Crippen LogP contribution is -2.48. The summed E-state index contributed by atoms with van der Waals surface area (Å²) in [7, 11) is 2.12. The van der Waals surface area contributed by atoms with E-state index in [0.29, 0.717) is 4.90 Å². The van der Waals surface area contributed by atoms with E-state index in [1.54, 1.807) is 0 Å². The molecule has 0 radical (unpaired) electrons. The fourth-order valence-electron chi connectivity index (χ4n) is 1.65. The van der Waals surface area contributed by atoms with Gasteiger partial charge < -0.3 is 26.4 Å². The third-order valence-electron chi connectivity index (χ3n) is 3.01. The maximum absolute atomic E-state index is 11.3. The van der Waals surface area contributed by atoms with Gasteiger partial charge >= 0.3 is 17.9 Å². The Hall–Kier alpha value is -1.97. The van der Waals surface area contributed by atoms with Crippen LogP contribution in [0.4, 0.5) is 0 Å². The van der Waals surface area contributed by atoms with E-state index < -0.39 is 47.8 Å². The van der Waals surface area contributed by atoms with Gasteiger partial charge in [-0.15, -0.1) is 0 Å². The first-order valence-electron chi connectivity index (χ1n) is 8.12. The minimum absolute atomic E-state index is 0.0501. The molecular formula is C15H25N3O9S3. The van der Waals surface area contributed by atoms with Crippen LogP contribution in [0.25, 0.3) is 0 Å². The molecule has 172 valence electrons. The summed E-state index contributed by atoms with van der Waals surface area (Å²) >= 11 is 3.73. The second kappa shape index (κ2) is 15.8. The van der Waals surface area contributed by atoms with Gasteiger partial charge in [0.2, 0.25) is 17.7 Å². The molecule has 0 bridgehead atoms. The van der Waals surface area contributed by atoms with Crippen LogP contribution in [-0.2, 0) is 28.8 Å². The highest BCUT2D eigenvalue weighted by Crippen LogP contribution is 2.24. The number of hydrogen-bond acceptors (Lipinski definition) is 10. The second-order valence-electron chi connectivity index (χ2n) is 5.55. The number of hydrogen-bond donors (Lipinski definition) is 6. The molecule has 0 rings (SSSR count). The molecule has 3 atom stereocenters. The van der Waals surface area contributed by atoms with E-state index in [2.05, 4.69) is 17.9 Å². The Balaban J connectivity index is 0. The van der Waals surface area contributed by atoms with Gasteiger partial charge in [0, 0.05) is 38.0 Å². The summed E-state index contributed by atoms with van der Waals surface area (Å²) in [4.78, 5) is 65.3. The van der Waals surface area contributed by atoms with E-state index >= 15 is 0 Å². The first-order chi connectivity index (χ1) is 13.8. The predicted octanol–water partition coefficient (Wildman–Crippen LogP) is -0.867. The Morgan fingerprint density at radius 3 is 1.63 bits per heavy atom. The summed E-state index contributed by atoms with van der Waals surface area (Å²) in [6.45, 7) is 3.48. The highest BCUT2D eigenvalue weighted by Gasteiger charge is 2.31. The lowest BCUT2D eigenvalue weighted by Gasteiger charge is -2.24. The highest BCUT2D eigenvalue weighted by molar-refractivity contribution is 8.76. The first-order valence-corrected chi connectivity index (χ1v) is 11.2. The Morgan fingerprint density at radius 2 is 1.37 bits per heavy atom. The smallest absolute Gasteiger partial charge is 0.327 e. The van der Waals surface area contributed by atoms with Gasteiger partial charge in [0.25, 0.3) is 0 Å². The number of nitrogens with one attached hydrogen (secondary N) is 1. The van der Waals surface area contributed by atoms with Gasteiger partial charge in [-0.25, -0.2) is 9.59 Å². The van der Waals surface area contributed by atoms with Crippen LogP contribution in [-0.4, -0.2) is 91.2 Å². The third kappa shape index (κ3) is 13.3. The normalized spacial score (nSPS) is 13.0. The SMILES string of the molecule is CC(=O)N(C(C)=O)[C@@H](CSSC[C@H](N)C(=O)O)C(=O)O.CC(=O)N[C@@H](CS)C(=O)O. The van der Waals surface area contributed by atoms with E-state index in [9.17, 15) is 28.8 Å². The van der Waals surface area contributed by atoms with Crippen molar-refractivity contribution in [1.82, 2.24) is 10.2 Å². The summed E-state index contributed by atoms with van der Waals surface area (Å²) in [5.41, 5.74) is 5.28. The number of rotatable bonds is 11. The molecule has 15 heteroatoms. The van der Waals surface area contributed by atoms with Crippen molar-refractivity contribution in [2.24, 2.45) is 5.73 Å². The number of carboxylic acids is 3. The van der Waals surface area contributed by atoms with Crippen LogP contribution in [0.1, 0.15) is 20.8 Å². The molecule has 0 aromatic heterocycles. The van der Waals surface area contributed by atoms with Crippen LogP contribution in [0.2, 0.25) is 0 Å². The molecule has 0 aliphatic rings. The highest BCUT2D eigenvalue weighted by atomic mass is 33.1. The topological polar surface area (TPSA) is 204 Å². The van der Waals surface area contributed by atoms with E-state index in [1.165, 1.54) is 6.92 Å². The number of carbonyl (C=O) groups is 6. The van der Waals surface area contributed by atoms with Gasteiger partial charge in [0.1, 0.15) is 18.1 Å². The van der Waals surface area contributed by atoms with Crippen molar-refractivity contribution in [1.29, 1.82) is 0 Å². The zero-order valence-corrected chi connectivity index (χ0v) is 19.0. The van der Waals surface area contributed by atoms with Gasteiger partial charge in [0.15, 0.2) is 0 Å². The fourth-order valence-corrected chi connectivity index (χ4v) is 4.21. The van der Waals surface area contributed by atoms with Crippen LogP contribution in [0.15, 0.2) is 0 Å². The van der Waals surface area contributed by atoms with Gasteiger partial charge in [-0.3, -0.25) is 24.1 Å². The number of imide groups is 1. The number of nitrogens with two attached hydrogens (primary N) is 1. The Labute approximate surface area is 186 Å². The predicted molar refractivity (Wildman–Crippen MR) is 114 cm³/mol. The zero-order valence-electron chi connectivity index (χ0n) is 16.4. The van der Waals surface area contributed by atoms with Crippen LogP contribution in [0.3, 0.4) is 0 Å². The van der Waals surface area contributed by atoms with Gasteiger partial charge in [0.05, 0.1) is 0 Å². The maximum Gasteiger partial charge on any atom is 0.327 e. The summed E-state index contributed by atoms with van der Waals surface area (Å²) in [5, 5.41) is 28.2. The molecule has 0 aromatic rings. The minimum Gasteiger partial charge on any atom is -0.480 e. The largest absolute Gasteiger partial charge is 0.480 e. The molecule has 0 unspecified atom stereocenters. The molecule has 12 nitrogen and oxygen atoms in total. The zero-order chi connectivity index (χ0) is 24.0. The second-order valence-corrected chi connectivity index (χ2v) is 8.47. The Kier molecular flexibility index (Phi) is 15.9. The van der Waals surface area contributed by atoms with Crippen molar-refractivity contribution in [3.8, 4) is 0 Å². The van der Waals surface area contributed by atoms with Crippen molar-refractivity contribution in [3.05, 3.63) is 0 Å². The average molecular weight is 488 g/mol. The number of carboxylic acid groups (broad SMARTS) is 3. The van der Waals surface area contributed by atoms with E-state index in [1.807, 2.05) is 0 Å². The lowest BCUT2D eigenvalue weighted by atomic mass is 10.3. The van der Waals surface area contributed by atoms with E-state index in [0.717, 1.165) is 35.4 Å². The van der Waals surface area contributed by atoms with E-state index in [4.69, 9.17) is 21.1 Å². The van der Waals surface area contributed by atoms with Crippen LogP contribution in [0.5, 0.6) is 0 Å². The quantitative estimate of drug-likeness (QED) is 0.120. The number of nitrogens with zero attached hydrogens (tertiary/aromatic N) is 1. The van der Waals surface area contributed by atoms with Crippen molar-refractivity contribution >= 4 is 69.8 Å². The third-order valence-corrected chi connectivity index (χ3v) is 5.80. The average Bonchev–Trinajstić information content (AvgIpc) is 2.60. The molecule has 30 heavy (non-hydrogen) atoms. The standard InChI is InChI=1S/C10H16N2O6S2.C5H9NO3S/c1-5(13)12(6(2)14)8(10(17)18)4-20-19-3-7(11)9(15)16;1-3(7)6-4(2-10)5(8)9/h7-8H,3-4,11H2,1-2H3,(H,15,16)(H,17,18);4,10H,2H2,1H3,(H,6,7)(H,8,9)/t7-,8-;4-/m00/s1. The van der Waals surface area contributed by atoms with Crippen LogP contribution >= 0.6 is 34.2 Å². The molecule has 0 heterocycles. The van der Waals surface area contributed by atoms with Gasteiger partial charge in [-0.2, -0.15) is 12.6 Å². The van der Waals surface area contributed by atoms with Crippen LogP contribution in [0, 0.1) is 0 Å². The number of thiol groups is 1. The maximum atomic E-state index is 11.3. The van der Waals surface area contributed by atoms with Gasteiger partial charge in [-0.1, -0.05) is 21.6 Å². The van der Waals surface area contributed by atoms with Crippen molar-refractivity contribution in [2.45, 2.75) is 38.9 Å². The molecule has 0 aliphatic carbocycles. The number of carbonyl (C=O) groups excluding carboxylic acids is 3. The fraction of sp³-hybridized carbons (Fsp3) is 0.600. The molecule has 0 fully saturated rings. The first kappa shape index (κ1) is 30.2. The number of aliphatic carboxylic acids is 3.